The first-order valence-electron chi connectivity index (χ1n) is 7.99. The van der Waals surface area contributed by atoms with Gasteiger partial charge in [-0.2, -0.15) is 0 Å². The van der Waals surface area contributed by atoms with Gasteiger partial charge in [-0.25, -0.2) is 0 Å². The molecule has 2 aliphatic rings. The smallest absolute Gasteiger partial charge is 0.0367 e. The summed E-state index contributed by atoms with van der Waals surface area (Å²) < 4.78 is 0. The molecule has 0 spiro atoms. The molecule has 2 N–H and O–H groups in total. The molecule has 3 heteroatoms. The van der Waals surface area contributed by atoms with Gasteiger partial charge in [-0.05, 0) is 37.3 Å². The van der Waals surface area contributed by atoms with Crippen molar-refractivity contribution in [2.24, 2.45) is 11.7 Å². The summed E-state index contributed by atoms with van der Waals surface area (Å²) in [7, 11) is 0. The highest BCUT2D eigenvalue weighted by Gasteiger charge is 2.42. The van der Waals surface area contributed by atoms with Crippen molar-refractivity contribution in [3.05, 3.63) is 30.3 Å². The second-order valence-electron chi connectivity index (χ2n) is 6.59. The highest BCUT2D eigenvalue weighted by molar-refractivity contribution is 5.46. The maximum absolute atomic E-state index is 6.15. The second kappa shape index (κ2) is 5.74. The summed E-state index contributed by atoms with van der Waals surface area (Å²) in [5.41, 5.74) is 7.80. The van der Waals surface area contributed by atoms with E-state index in [9.17, 15) is 0 Å². The maximum Gasteiger partial charge on any atom is 0.0367 e. The number of rotatable bonds is 3. The van der Waals surface area contributed by atoms with E-state index in [0.29, 0.717) is 5.54 Å². The molecule has 110 valence electrons. The Morgan fingerprint density at radius 2 is 1.85 bits per heavy atom. The van der Waals surface area contributed by atoms with Crippen molar-refractivity contribution in [1.82, 2.24) is 4.90 Å². The molecule has 1 aromatic rings. The Kier molecular flexibility index (Phi) is 3.99. The molecule has 0 amide bonds. The average molecular weight is 273 g/mol. The Hall–Kier alpha value is -1.06. The van der Waals surface area contributed by atoms with Gasteiger partial charge in [-0.3, -0.25) is 4.90 Å². The number of nitrogens with two attached hydrogens (primary N) is 1. The SMILES string of the molecule is CC1CCC(CN)(N2CCN(c3ccccc3)CC2)C1. The summed E-state index contributed by atoms with van der Waals surface area (Å²) in [6, 6.07) is 10.8. The molecule has 3 nitrogen and oxygen atoms in total. The maximum atomic E-state index is 6.15. The molecule has 20 heavy (non-hydrogen) atoms. The number of para-hydroxylation sites is 1. The van der Waals surface area contributed by atoms with Crippen LogP contribution in [0.25, 0.3) is 0 Å². The van der Waals surface area contributed by atoms with E-state index in [1.807, 2.05) is 0 Å². The third kappa shape index (κ3) is 2.57. The van der Waals surface area contributed by atoms with Crippen LogP contribution in [0.1, 0.15) is 26.2 Å². The third-order valence-electron chi connectivity index (χ3n) is 5.28. The van der Waals surface area contributed by atoms with Crippen molar-refractivity contribution >= 4 is 5.69 Å². The second-order valence-corrected chi connectivity index (χ2v) is 6.59. The van der Waals surface area contributed by atoms with Crippen LogP contribution in [-0.4, -0.2) is 43.2 Å². The highest BCUT2D eigenvalue weighted by Crippen LogP contribution is 2.38. The Morgan fingerprint density at radius 3 is 2.40 bits per heavy atom. The van der Waals surface area contributed by atoms with Gasteiger partial charge in [0.25, 0.3) is 0 Å². The Morgan fingerprint density at radius 1 is 1.15 bits per heavy atom. The first-order chi connectivity index (χ1) is 9.73. The lowest BCUT2D eigenvalue weighted by Gasteiger charge is -2.46. The molecule has 1 saturated heterocycles. The predicted molar refractivity (Wildman–Crippen MR) is 85.0 cm³/mol. The first-order valence-corrected chi connectivity index (χ1v) is 7.99. The monoisotopic (exact) mass is 273 g/mol. The lowest BCUT2D eigenvalue weighted by Crippen LogP contribution is -2.59. The number of hydrogen-bond donors (Lipinski definition) is 1. The van der Waals surface area contributed by atoms with Crippen LogP contribution in [0.3, 0.4) is 0 Å². The summed E-state index contributed by atoms with van der Waals surface area (Å²) in [6.07, 6.45) is 3.92. The van der Waals surface area contributed by atoms with Crippen molar-refractivity contribution < 1.29 is 0 Å². The van der Waals surface area contributed by atoms with Crippen LogP contribution in [0.4, 0.5) is 5.69 Å². The van der Waals surface area contributed by atoms with Gasteiger partial charge in [0.1, 0.15) is 0 Å². The van der Waals surface area contributed by atoms with E-state index in [-0.39, 0.29) is 0 Å². The van der Waals surface area contributed by atoms with Gasteiger partial charge in [0.15, 0.2) is 0 Å². The van der Waals surface area contributed by atoms with Crippen molar-refractivity contribution in [2.45, 2.75) is 31.7 Å². The third-order valence-corrected chi connectivity index (χ3v) is 5.28. The first kappa shape index (κ1) is 13.9. The molecule has 0 aromatic heterocycles. The van der Waals surface area contributed by atoms with Crippen LogP contribution in [0, 0.1) is 5.92 Å². The molecule has 2 unspecified atom stereocenters. The molecular weight excluding hydrogens is 246 g/mol. The van der Waals surface area contributed by atoms with Crippen molar-refractivity contribution in [2.75, 3.05) is 37.6 Å². The fourth-order valence-electron chi connectivity index (χ4n) is 4.05. The number of nitrogens with zero attached hydrogens (tertiary/aromatic N) is 2. The topological polar surface area (TPSA) is 32.5 Å². The van der Waals surface area contributed by atoms with Gasteiger partial charge in [0.05, 0.1) is 0 Å². The Balaban J connectivity index is 1.64. The van der Waals surface area contributed by atoms with Gasteiger partial charge in [0, 0.05) is 44.0 Å². The van der Waals surface area contributed by atoms with Crippen LogP contribution in [0.5, 0.6) is 0 Å². The number of piperazine rings is 1. The summed E-state index contributed by atoms with van der Waals surface area (Å²) >= 11 is 0. The fourth-order valence-corrected chi connectivity index (χ4v) is 4.05. The normalized spacial score (nSPS) is 31.7. The molecule has 0 bridgehead atoms. The molecular formula is C17H27N3. The van der Waals surface area contributed by atoms with Crippen LogP contribution >= 0.6 is 0 Å². The van der Waals surface area contributed by atoms with Crippen molar-refractivity contribution in [3.63, 3.8) is 0 Å². The van der Waals surface area contributed by atoms with Gasteiger partial charge in [-0.15, -0.1) is 0 Å². The molecule has 1 aliphatic carbocycles. The standard InChI is InChI=1S/C17H27N3/c1-15-7-8-17(13-15,14-18)20-11-9-19(10-12-20)16-5-3-2-4-6-16/h2-6,15H,7-14,18H2,1H3. The number of hydrogen-bond acceptors (Lipinski definition) is 3. The number of benzene rings is 1. The summed E-state index contributed by atoms with van der Waals surface area (Å²) in [5.74, 6) is 0.839. The fraction of sp³-hybridized carbons (Fsp3) is 0.647. The zero-order valence-electron chi connectivity index (χ0n) is 12.6. The van der Waals surface area contributed by atoms with E-state index in [2.05, 4.69) is 47.1 Å². The van der Waals surface area contributed by atoms with E-state index < -0.39 is 0 Å². The van der Waals surface area contributed by atoms with Crippen LogP contribution in [-0.2, 0) is 0 Å². The van der Waals surface area contributed by atoms with E-state index in [1.165, 1.54) is 24.9 Å². The summed E-state index contributed by atoms with van der Waals surface area (Å²) in [4.78, 5) is 5.18. The Bertz CT molecular complexity index is 425. The number of anilines is 1. The van der Waals surface area contributed by atoms with Gasteiger partial charge >= 0.3 is 0 Å². The summed E-state index contributed by atoms with van der Waals surface area (Å²) in [6.45, 7) is 7.75. The minimum absolute atomic E-state index is 0.294. The molecule has 0 radical (unpaired) electrons. The predicted octanol–water partition coefficient (Wildman–Crippen LogP) is 2.33. The molecule has 1 saturated carbocycles. The summed E-state index contributed by atoms with van der Waals surface area (Å²) in [5, 5.41) is 0. The molecule has 1 heterocycles. The molecule has 1 aliphatic heterocycles. The van der Waals surface area contributed by atoms with Crippen LogP contribution < -0.4 is 10.6 Å². The van der Waals surface area contributed by atoms with Crippen LogP contribution in [0.2, 0.25) is 0 Å². The van der Waals surface area contributed by atoms with Gasteiger partial charge in [-0.1, -0.05) is 25.1 Å². The highest BCUT2D eigenvalue weighted by atomic mass is 15.3. The van der Waals surface area contributed by atoms with Gasteiger partial charge in [0.2, 0.25) is 0 Å². The minimum Gasteiger partial charge on any atom is -0.369 e. The molecule has 1 aromatic carbocycles. The lowest BCUT2D eigenvalue weighted by atomic mass is 9.93. The average Bonchev–Trinajstić information content (AvgIpc) is 2.91. The van der Waals surface area contributed by atoms with Crippen molar-refractivity contribution in [3.8, 4) is 0 Å². The van der Waals surface area contributed by atoms with E-state index >= 15 is 0 Å². The lowest BCUT2D eigenvalue weighted by molar-refractivity contribution is 0.0888. The minimum atomic E-state index is 0.294. The van der Waals surface area contributed by atoms with Crippen molar-refractivity contribution in [1.29, 1.82) is 0 Å². The van der Waals surface area contributed by atoms with E-state index in [4.69, 9.17) is 5.73 Å². The quantitative estimate of drug-likeness (QED) is 0.917. The zero-order chi connectivity index (χ0) is 14.0. The molecule has 2 atom stereocenters. The van der Waals surface area contributed by atoms with Gasteiger partial charge < -0.3 is 10.6 Å². The molecule has 3 rings (SSSR count). The molecule has 2 fully saturated rings. The van der Waals surface area contributed by atoms with E-state index in [1.54, 1.807) is 0 Å². The van der Waals surface area contributed by atoms with Crippen LogP contribution in [0.15, 0.2) is 30.3 Å². The van der Waals surface area contributed by atoms with E-state index in [0.717, 1.165) is 38.6 Å². The zero-order valence-corrected chi connectivity index (χ0v) is 12.6. The Labute approximate surface area is 122 Å². The largest absolute Gasteiger partial charge is 0.369 e.